The summed E-state index contributed by atoms with van der Waals surface area (Å²) in [5.41, 5.74) is 7.05. The first-order chi connectivity index (χ1) is 26.1. The monoisotopic (exact) mass is 742 g/mol. The summed E-state index contributed by atoms with van der Waals surface area (Å²) in [6, 6.07) is 37.9. The summed E-state index contributed by atoms with van der Waals surface area (Å²) in [5, 5.41) is 12.7. The van der Waals surface area contributed by atoms with E-state index in [1.807, 2.05) is 109 Å². The van der Waals surface area contributed by atoms with Crippen molar-refractivity contribution in [2.45, 2.75) is 12.8 Å². The maximum atomic E-state index is 11.0. The van der Waals surface area contributed by atoms with Crippen molar-refractivity contribution >= 4 is 54.3 Å². The number of rotatable bonds is 6. The number of aryl methyl sites for hydroxylation is 1. The van der Waals surface area contributed by atoms with Crippen LogP contribution in [0.4, 0.5) is 0 Å². The van der Waals surface area contributed by atoms with E-state index < -0.39 is 23.5 Å². The van der Waals surface area contributed by atoms with E-state index in [2.05, 4.69) is 16.0 Å². The molecule has 0 saturated carbocycles. The number of H-pyrrole nitrogens is 2. The molecule has 5 aromatic carbocycles. The first kappa shape index (κ1) is 31.1. The van der Waals surface area contributed by atoms with Crippen LogP contribution < -0.4 is 7.72 Å². The van der Waals surface area contributed by atoms with Gasteiger partial charge in [0, 0.05) is 0 Å². The minimum absolute atomic E-state index is 0.0894. The van der Waals surface area contributed by atoms with Crippen LogP contribution in [0, 0.1) is 0 Å². The summed E-state index contributed by atoms with van der Waals surface area (Å²) < 4.78 is 7.56. The van der Waals surface area contributed by atoms with E-state index in [-0.39, 0.29) is 6.42 Å². The number of hydrogen-bond donors (Lipinski definition) is 3. The Balaban J connectivity index is 1.22. The van der Waals surface area contributed by atoms with Gasteiger partial charge in [-0.05, 0) is 0 Å². The summed E-state index contributed by atoms with van der Waals surface area (Å²) >= 11 is -1.89. The summed E-state index contributed by atoms with van der Waals surface area (Å²) in [6.07, 6.45) is 0.564. The predicted molar refractivity (Wildman–Crippen MR) is 199 cm³/mol. The number of aromatic amines is 2. The fourth-order valence-corrected chi connectivity index (χ4v) is 9.67. The molecule has 0 saturated heterocycles. The first-order valence-electron chi connectivity index (χ1n) is 17.2. The third-order valence-corrected chi connectivity index (χ3v) is 12.5. The Morgan fingerprint density at radius 3 is 1.57 bits per heavy atom. The molecular weight excluding hydrogens is 718 g/mol. The number of nitrogens with zero attached hydrogens (tertiary/aromatic N) is 6. The Labute approximate surface area is 308 Å². The number of aliphatic carboxylic acids is 1. The molecule has 2 aliphatic heterocycles. The minimum atomic E-state index is -1.89. The third-order valence-electron chi connectivity index (χ3n) is 9.61. The summed E-state index contributed by atoms with van der Waals surface area (Å²) in [5.74, 6) is 2.14. The summed E-state index contributed by atoms with van der Waals surface area (Å²) in [7, 11) is 0. The van der Waals surface area contributed by atoms with E-state index in [1.54, 1.807) is 0 Å². The first-order valence-corrected chi connectivity index (χ1v) is 19.9. The molecule has 53 heavy (non-hydrogen) atoms. The zero-order chi connectivity index (χ0) is 35.5. The van der Waals surface area contributed by atoms with Gasteiger partial charge < -0.3 is 0 Å². The second kappa shape index (κ2) is 12.5. The zero-order valence-corrected chi connectivity index (χ0v) is 31.0. The predicted octanol–water partition coefficient (Wildman–Crippen LogP) is 7.59. The van der Waals surface area contributed by atoms with E-state index in [4.69, 9.17) is 38.6 Å². The second-order valence-corrected chi connectivity index (χ2v) is 15.7. The molecule has 0 spiro atoms. The van der Waals surface area contributed by atoms with E-state index in [9.17, 15) is 4.79 Å². The SMILES string of the molecule is O=C(O)CCc1ccc([O][Zn][c]2cccc3c4nc5nc(nc6[nH]c(nc7nc(nc([nH]4)c23)-c2ccccc2-7)c2ccccc62)-c2ccccc2-5)cc1. The topological polar surface area (TPSA) is 155 Å². The molecule has 8 aromatic rings. The van der Waals surface area contributed by atoms with Gasteiger partial charge in [-0.1, -0.05) is 6.07 Å². The van der Waals surface area contributed by atoms with Gasteiger partial charge in [0.05, 0.1) is 0 Å². The van der Waals surface area contributed by atoms with Crippen molar-refractivity contribution in [3.05, 3.63) is 121 Å². The fraction of sp³-hybridized carbons (Fsp3) is 0.0488. The molecule has 0 atom stereocenters. The molecule has 5 heterocycles. The Morgan fingerprint density at radius 1 is 0.547 bits per heavy atom. The van der Waals surface area contributed by atoms with Crippen molar-refractivity contribution in [3.63, 3.8) is 0 Å². The molecular formula is C41H26N8O3Zn. The van der Waals surface area contributed by atoms with E-state index >= 15 is 0 Å². The molecule has 11 nitrogen and oxygen atoms in total. The Bertz CT molecular complexity index is 2950. The number of benzene rings is 5. The normalized spacial score (nSPS) is 11.6. The molecule has 3 aromatic heterocycles. The van der Waals surface area contributed by atoms with Gasteiger partial charge in [-0.25, -0.2) is 0 Å². The van der Waals surface area contributed by atoms with Crippen molar-refractivity contribution in [1.82, 2.24) is 39.9 Å². The van der Waals surface area contributed by atoms with Crippen molar-refractivity contribution in [1.29, 1.82) is 0 Å². The van der Waals surface area contributed by atoms with Gasteiger partial charge in [0.1, 0.15) is 0 Å². The van der Waals surface area contributed by atoms with Crippen LogP contribution in [0.25, 0.3) is 89.7 Å². The van der Waals surface area contributed by atoms with Crippen LogP contribution in [0.3, 0.4) is 0 Å². The average molecular weight is 744 g/mol. The molecule has 0 fully saturated rings. The summed E-state index contributed by atoms with van der Waals surface area (Å²) in [6.45, 7) is 0. The Morgan fingerprint density at radius 2 is 1.02 bits per heavy atom. The Hall–Kier alpha value is -6.65. The third kappa shape index (κ3) is 5.51. The van der Waals surface area contributed by atoms with Gasteiger partial charge in [0.25, 0.3) is 0 Å². The molecule has 0 amide bonds. The van der Waals surface area contributed by atoms with Crippen molar-refractivity contribution in [2.75, 3.05) is 0 Å². The van der Waals surface area contributed by atoms with Gasteiger partial charge >= 0.3 is 304 Å². The quantitative estimate of drug-likeness (QED) is 0.146. The van der Waals surface area contributed by atoms with E-state index in [0.717, 1.165) is 59.3 Å². The number of fused-ring (bicyclic) bond motifs is 20. The molecule has 2 aliphatic rings. The average Bonchev–Trinajstić information content (AvgIpc) is 3.92. The molecule has 0 aliphatic carbocycles. The van der Waals surface area contributed by atoms with Crippen LogP contribution in [-0.2, 0) is 28.7 Å². The van der Waals surface area contributed by atoms with E-state index in [0.29, 0.717) is 52.3 Å². The molecule has 250 valence electrons. The van der Waals surface area contributed by atoms with E-state index in [1.165, 1.54) is 0 Å². The van der Waals surface area contributed by atoms with Gasteiger partial charge in [-0.3, -0.25) is 0 Å². The van der Waals surface area contributed by atoms with Crippen molar-refractivity contribution in [2.24, 2.45) is 0 Å². The number of hydrogen-bond acceptors (Lipinski definition) is 8. The molecule has 3 N–H and O–H groups in total. The van der Waals surface area contributed by atoms with Crippen LogP contribution >= 0.6 is 0 Å². The van der Waals surface area contributed by atoms with Crippen molar-refractivity contribution < 1.29 is 31.0 Å². The number of carbonyl (C=O) groups is 1. The molecule has 0 radical (unpaired) electrons. The second-order valence-electron chi connectivity index (χ2n) is 12.9. The van der Waals surface area contributed by atoms with Crippen LogP contribution in [0.2, 0.25) is 0 Å². The Kier molecular flexibility index (Phi) is 7.36. The van der Waals surface area contributed by atoms with Crippen LogP contribution in [0.5, 0.6) is 5.75 Å². The summed E-state index contributed by atoms with van der Waals surface area (Å²) in [4.78, 5) is 48.6. The standard InChI is InChI=1S/C32H17N8.C9H10O3.Zn/c1-2-10-18-17(9-1)25-33-26(18)38-28-21-13-5-6-14-22(21)30(35-28)40-32-24-16-8-7-15-23(24)31(36-32)39-29-20-12-4-3-11-19(20)27(34-29)37-25;10-8-4-1-7(2-5-8)3-6-9(11)12;/h1-15H,(H2,33,34,35,36,37,38,39,40);1-2,4-5,10H,3,6H2,(H,11,12);/q;;+1/p-1. The van der Waals surface area contributed by atoms with Gasteiger partial charge in [-0.15, -0.1) is 0 Å². The van der Waals surface area contributed by atoms with Gasteiger partial charge in [0.15, 0.2) is 0 Å². The molecule has 12 heteroatoms. The van der Waals surface area contributed by atoms with Crippen LogP contribution in [0.15, 0.2) is 115 Å². The van der Waals surface area contributed by atoms with Crippen LogP contribution in [-0.4, -0.2) is 50.9 Å². The van der Waals surface area contributed by atoms with Crippen LogP contribution in [0.1, 0.15) is 12.0 Å². The number of carboxylic acid groups (broad SMARTS) is 1. The number of carboxylic acids is 1. The molecule has 8 bridgehead atoms. The van der Waals surface area contributed by atoms with Gasteiger partial charge in [-0.2, -0.15) is 0 Å². The van der Waals surface area contributed by atoms with Gasteiger partial charge in [0.2, 0.25) is 0 Å². The maximum absolute atomic E-state index is 11.0. The number of aromatic nitrogens is 8. The number of nitrogens with one attached hydrogen (secondary N) is 2. The zero-order valence-electron chi connectivity index (χ0n) is 28.0. The fourth-order valence-electron chi connectivity index (χ4n) is 7.05. The van der Waals surface area contributed by atoms with Crippen molar-refractivity contribution in [3.8, 4) is 51.3 Å². The molecule has 10 rings (SSSR count). The molecule has 0 unspecified atom stereocenters.